The van der Waals surface area contributed by atoms with Crippen LogP contribution in [0.15, 0.2) is 36.4 Å². The molecule has 1 aromatic rings. The summed E-state index contributed by atoms with van der Waals surface area (Å²) in [6, 6.07) is 10.3. The van der Waals surface area contributed by atoms with E-state index in [1.54, 1.807) is 6.08 Å². The van der Waals surface area contributed by atoms with Crippen LogP contribution in [0.5, 0.6) is 0 Å². The fraction of sp³-hybridized carbons (Fsp3) is 0.357. The van der Waals surface area contributed by atoms with Gasteiger partial charge in [-0.25, -0.2) is 0 Å². The second-order valence-electron chi connectivity index (χ2n) is 4.38. The van der Waals surface area contributed by atoms with Crippen molar-refractivity contribution < 1.29 is 4.79 Å². The van der Waals surface area contributed by atoms with Crippen molar-refractivity contribution in [2.75, 3.05) is 19.6 Å². The first-order chi connectivity index (χ1) is 8.25. The van der Waals surface area contributed by atoms with E-state index in [0.29, 0.717) is 6.04 Å². The first kappa shape index (κ1) is 11.9. The Kier molecular flexibility index (Phi) is 3.94. The van der Waals surface area contributed by atoms with Gasteiger partial charge >= 0.3 is 0 Å². The molecular formula is C14H18N2O. The van der Waals surface area contributed by atoms with E-state index in [1.807, 2.05) is 41.3 Å². The largest absolute Gasteiger partial charge is 0.336 e. The van der Waals surface area contributed by atoms with Gasteiger partial charge in [-0.3, -0.25) is 4.79 Å². The normalized spacial score (nSPS) is 20.8. The molecule has 0 aliphatic carbocycles. The zero-order valence-corrected chi connectivity index (χ0v) is 10.1. The molecule has 1 aromatic carbocycles. The Labute approximate surface area is 102 Å². The molecule has 1 fully saturated rings. The minimum atomic E-state index is 0.0993. The predicted molar refractivity (Wildman–Crippen MR) is 69.5 cm³/mol. The maximum absolute atomic E-state index is 11.9. The molecule has 1 aliphatic heterocycles. The van der Waals surface area contributed by atoms with Gasteiger partial charge in [0.05, 0.1) is 0 Å². The van der Waals surface area contributed by atoms with E-state index in [2.05, 4.69) is 12.2 Å². The van der Waals surface area contributed by atoms with Gasteiger partial charge in [-0.2, -0.15) is 0 Å². The minimum Gasteiger partial charge on any atom is -0.336 e. The van der Waals surface area contributed by atoms with Crippen LogP contribution in [-0.4, -0.2) is 36.5 Å². The Bertz CT molecular complexity index is 400. The summed E-state index contributed by atoms with van der Waals surface area (Å²) in [4.78, 5) is 13.8. The molecule has 0 spiro atoms. The Morgan fingerprint density at radius 1 is 1.41 bits per heavy atom. The monoisotopic (exact) mass is 230 g/mol. The van der Waals surface area contributed by atoms with Crippen molar-refractivity contribution in [2.45, 2.75) is 13.0 Å². The zero-order valence-electron chi connectivity index (χ0n) is 10.1. The number of nitrogens with zero attached hydrogens (tertiary/aromatic N) is 1. The smallest absolute Gasteiger partial charge is 0.246 e. The second-order valence-corrected chi connectivity index (χ2v) is 4.38. The van der Waals surface area contributed by atoms with Gasteiger partial charge in [0.25, 0.3) is 0 Å². The van der Waals surface area contributed by atoms with Crippen molar-refractivity contribution in [3.63, 3.8) is 0 Å². The van der Waals surface area contributed by atoms with Crippen molar-refractivity contribution >= 4 is 12.0 Å². The molecule has 90 valence electrons. The highest BCUT2D eigenvalue weighted by Crippen LogP contribution is 2.04. The lowest BCUT2D eigenvalue weighted by Crippen LogP contribution is -2.50. The molecule has 2 rings (SSSR count). The van der Waals surface area contributed by atoms with E-state index < -0.39 is 0 Å². The molecule has 1 atom stereocenters. The summed E-state index contributed by atoms with van der Waals surface area (Å²) in [5.41, 5.74) is 1.06. The first-order valence-electron chi connectivity index (χ1n) is 6.01. The SMILES string of the molecule is CC1CN(C(=O)C=Cc2ccccc2)CCN1. The number of amides is 1. The fourth-order valence-corrected chi connectivity index (χ4v) is 1.97. The van der Waals surface area contributed by atoms with Crippen LogP contribution in [0.3, 0.4) is 0 Å². The van der Waals surface area contributed by atoms with Crippen LogP contribution in [-0.2, 0) is 4.79 Å². The van der Waals surface area contributed by atoms with Crippen LogP contribution in [0.1, 0.15) is 12.5 Å². The highest BCUT2D eigenvalue weighted by molar-refractivity contribution is 5.91. The number of carbonyl (C=O) groups is 1. The third-order valence-corrected chi connectivity index (χ3v) is 2.90. The molecule has 3 heteroatoms. The average molecular weight is 230 g/mol. The van der Waals surface area contributed by atoms with Gasteiger partial charge in [-0.15, -0.1) is 0 Å². The molecule has 0 bridgehead atoms. The maximum atomic E-state index is 11.9. The summed E-state index contributed by atoms with van der Waals surface area (Å²) < 4.78 is 0. The van der Waals surface area contributed by atoms with E-state index in [4.69, 9.17) is 0 Å². The molecule has 1 saturated heterocycles. The van der Waals surface area contributed by atoms with E-state index in [1.165, 1.54) is 0 Å². The number of hydrogen-bond acceptors (Lipinski definition) is 2. The Hall–Kier alpha value is -1.61. The Morgan fingerprint density at radius 3 is 2.88 bits per heavy atom. The standard InChI is InChI=1S/C14H18N2O/c1-12-11-16(10-9-15-12)14(17)8-7-13-5-3-2-4-6-13/h2-8,12,15H,9-11H2,1H3. The van der Waals surface area contributed by atoms with Crippen LogP contribution in [0.2, 0.25) is 0 Å². The van der Waals surface area contributed by atoms with Crippen molar-refractivity contribution in [3.05, 3.63) is 42.0 Å². The van der Waals surface area contributed by atoms with Gasteiger partial charge in [0.15, 0.2) is 0 Å². The minimum absolute atomic E-state index is 0.0993. The first-order valence-corrected chi connectivity index (χ1v) is 6.01. The van der Waals surface area contributed by atoms with E-state index in [0.717, 1.165) is 25.2 Å². The topological polar surface area (TPSA) is 32.3 Å². The molecule has 0 radical (unpaired) electrons. The van der Waals surface area contributed by atoms with Crippen molar-refractivity contribution in [2.24, 2.45) is 0 Å². The summed E-state index contributed by atoms with van der Waals surface area (Å²) >= 11 is 0. The number of carbonyl (C=O) groups excluding carboxylic acids is 1. The Morgan fingerprint density at radius 2 is 2.18 bits per heavy atom. The van der Waals surface area contributed by atoms with Crippen LogP contribution >= 0.6 is 0 Å². The quantitative estimate of drug-likeness (QED) is 0.781. The number of nitrogens with one attached hydrogen (secondary N) is 1. The molecule has 0 saturated carbocycles. The number of piperazine rings is 1. The maximum Gasteiger partial charge on any atom is 0.246 e. The molecule has 17 heavy (non-hydrogen) atoms. The summed E-state index contributed by atoms with van der Waals surface area (Å²) in [7, 11) is 0. The fourth-order valence-electron chi connectivity index (χ4n) is 1.97. The summed E-state index contributed by atoms with van der Waals surface area (Å²) in [6.45, 7) is 4.56. The lowest BCUT2D eigenvalue weighted by Gasteiger charge is -2.31. The molecule has 1 amide bonds. The highest BCUT2D eigenvalue weighted by Gasteiger charge is 2.18. The predicted octanol–water partition coefficient (Wildman–Crippen LogP) is 1.52. The van der Waals surface area contributed by atoms with Crippen LogP contribution in [0.25, 0.3) is 6.08 Å². The molecule has 1 heterocycles. The van der Waals surface area contributed by atoms with Gasteiger partial charge in [0.2, 0.25) is 5.91 Å². The molecule has 3 nitrogen and oxygen atoms in total. The van der Waals surface area contributed by atoms with Gasteiger partial charge < -0.3 is 10.2 Å². The molecule has 1 aliphatic rings. The van der Waals surface area contributed by atoms with Crippen molar-refractivity contribution in [1.82, 2.24) is 10.2 Å². The average Bonchev–Trinajstić information content (AvgIpc) is 2.37. The lowest BCUT2D eigenvalue weighted by atomic mass is 10.2. The van der Waals surface area contributed by atoms with E-state index in [9.17, 15) is 4.79 Å². The molecule has 1 unspecified atom stereocenters. The summed E-state index contributed by atoms with van der Waals surface area (Å²) in [5.74, 6) is 0.0993. The third-order valence-electron chi connectivity index (χ3n) is 2.90. The van der Waals surface area contributed by atoms with E-state index in [-0.39, 0.29) is 5.91 Å². The Balaban J connectivity index is 1.94. The highest BCUT2D eigenvalue weighted by atomic mass is 16.2. The van der Waals surface area contributed by atoms with Crippen molar-refractivity contribution in [3.8, 4) is 0 Å². The van der Waals surface area contributed by atoms with Gasteiger partial charge in [-0.1, -0.05) is 30.3 Å². The molecule has 1 N–H and O–H groups in total. The second kappa shape index (κ2) is 5.64. The zero-order chi connectivity index (χ0) is 12.1. The van der Waals surface area contributed by atoms with Crippen molar-refractivity contribution in [1.29, 1.82) is 0 Å². The van der Waals surface area contributed by atoms with Gasteiger partial charge in [0, 0.05) is 31.8 Å². The summed E-state index contributed by atoms with van der Waals surface area (Å²) in [5, 5.41) is 3.32. The van der Waals surface area contributed by atoms with Crippen LogP contribution in [0.4, 0.5) is 0 Å². The number of hydrogen-bond donors (Lipinski definition) is 1. The summed E-state index contributed by atoms with van der Waals surface area (Å²) in [6.07, 6.45) is 3.53. The number of benzene rings is 1. The molecule has 0 aromatic heterocycles. The van der Waals surface area contributed by atoms with Gasteiger partial charge in [0.1, 0.15) is 0 Å². The van der Waals surface area contributed by atoms with Gasteiger partial charge in [-0.05, 0) is 18.6 Å². The van der Waals surface area contributed by atoms with Crippen LogP contribution in [0, 0.1) is 0 Å². The number of rotatable bonds is 2. The lowest BCUT2D eigenvalue weighted by molar-refractivity contribution is -0.127. The van der Waals surface area contributed by atoms with E-state index >= 15 is 0 Å². The molecular weight excluding hydrogens is 212 g/mol. The van der Waals surface area contributed by atoms with Crippen LogP contribution < -0.4 is 5.32 Å². The third kappa shape index (κ3) is 3.43.